The summed E-state index contributed by atoms with van der Waals surface area (Å²) in [6.45, 7) is 2.44. The van der Waals surface area contributed by atoms with Gasteiger partial charge in [-0.25, -0.2) is 4.79 Å². The molecule has 0 radical (unpaired) electrons. The third-order valence-corrected chi connectivity index (χ3v) is 4.63. The number of esters is 1. The molecule has 0 aromatic heterocycles. The van der Waals surface area contributed by atoms with Crippen LogP contribution in [0.4, 0.5) is 0 Å². The second kappa shape index (κ2) is 6.03. The van der Waals surface area contributed by atoms with Crippen molar-refractivity contribution in [2.45, 2.75) is 24.8 Å². The first-order chi connectivity index (χ1) is 9.58. The zero-order valence-corrected chi connectivity index (χ0v) is 12.4. The van der Waals surface area contributed by atoms with Gasteiger partial charge >= 0.3 is 5.97 Å². The number of aliphatic hydroxyl groups excluding tert-OH is 1. The van der Waals surface area contributed by atoms with E-state index in [-0.39, 0.29) is 18.3 Å². The van der Waals surface area contributed by atoms with Crippen molar-refractivity contribution in [2.24, 2.45) is 0 Å². The van der Waals surface area contributed by atoms with Gasteiger partial charge in [-0.05, 0) is 42.9 Å². The molecule has 110 valence electrons. The number of carbonyl (C=O) groups excluding carboxylic acids is 1. The number of rotatable bonds is 4. The first-order valence-corrected chi connectivity index (χ1v) is 7.75. The Bertz CT molecular complexity index is 520. The number of benzene rings is 1. The van der Waals surface area contributed by atoms with Gasteiger partial charge in [0.1, 0.15) is 5.75 Å². The number of thioether (sulfide) groups is 1. The molecule has 2 rings (SSSR count). The van der Waals surface area contributed by atoms with E-state index in [4.69, 9.17) is 4.74 Å². The van der Waals surface area contributed by atoms with Gasteiger partial charge in [-0.2, -0.15) is 0 Å². The first kappa shape index (κ1) is 15.2. The smallest absolute Gasteiger partial charge is 0.341 e. The van der Waals surface area contributed by atoms with Crippen molar-refractivity contribution in [1.82, 2.24) is 5.32 Å². The zero-order valence-electron chi connectivity index (χ0n) is 11.6. The van der Waals surface area contributed by atoms with Crippen molar-refractivity contribution in [3.63, 3.8) is 0 Å². The SMILES string of the molecule is CCOC(=O)C1(SC)NCCc2cc(O)c(CO)cc21. The molecule has 1 aliphatic rings. The van der Waals surface area contributed by atoms with Crippen LogP contribution < -0.4 is 5.32 Å². The number of phenols is 1. The topological polar surface area (TPSA) is 78.8 Å². The molecule has 0 aliphatic carbocycles. The van der Waals surface area contributed by atoms with Crippen LogP contribution in [0.2, 0.25) is 0 Å². The summed E-state index contributed by atoms with van der Waals surface area (Å²) in [5, 5.41) is 22.4. The quantitative estimate of drug-likeness (QED) is 0.723. The Morgan fingerprint density at radius 3 is 2.90 bits per heavy atom. The Morgan fingerprint density at radius 2 is 2.30 bits per heavy atom. The number of ether oxygens (including phenoxy) is 1. The Kier molecular flexibility index (Phi) is 4.57. The minimum absolute atomic E-state index is 0.0620. The van der Waals surface area contributed by atoms with E-state index in [0.29, 0.717) is 18.7 Å². The molecular formula is C14H19NO4S. The molecule has 0 fully saturated rings. The van der Waals surface area contributed by atoms with E-state index in [1.807, 2.05) is 6.26 Å². The number of hydrogen-bond acceptors (Lipinski definition) is 6. The summed E-state index contributed by atoms with van der Waals surface area (Å²) in [5.41, 5.74) is 2.08. The molecular weight excluding hydrogens is 278 g/mol. The summed E-state index contributed by atoms with van der Waals surface area (Å²) in [5.74, 6) is -0.282. The Morgan fingerprint density at radius 1 is 1.55 bits per heavy atom. The van der Waals surface area contributed by atoms with Crippen LogP contribution in [-0.4, -0.2) is 35.6 Å². The highest BCUT2D eigenvalue weighted by atomic mass is 32.2. The molecule has 3 N–H and O–H groups in total. The van der Waals surface area contributed by atoms with E-state index in [9.17, 15) is 15.0 Å². The molecule has 1 aliphatic heterocycles. The van der Waals surface area contributed by atoms with Crippen LogP contribution in [-0.2, 0) is 27.4 Å². The van der Waals surface area contributed by atoms with Crippen molar-refractivity contribution >= 4 is 17.7 Å². The second-order valence-electron chi connectivity index (χ2n) is 4.58. The van der Waals surface area contributed by atoms with Crippen molar-refractivity contribution < 1.29 is 19.7 Å². The summed E-state index contributed by atoms with van der Waals surface area (Å²) < 4.78 is 5.19. The number of nitrogens with one attached hydrogen (secondary N) is 1. The van der Waals surface area contributed by atoms with Crippen LogP contribution in [0.15, 0.2) is 12.1 Å². The van der Waals surface area contributed by atoms with Gasteiger partial charge < -0.3 is 14.9 Å². The molecule has 1 unspecified atom stereocenters. The van der Waals surface area contributed by atoms with E-state index in [2.05, 4.69) is 5.32 Å². The highest BCUT2D eigenvalue weighted by Crippen LogP contribution is 2.40. The van der Waals surface area contributed by atoms with Crippen molar-refractivity contribution in [3.8, 4) is 5.75 Å². The third-order valence-electron chi connectivity index (χ3n) is 3.49. The summed E-state index contributed by atoms with van der Waals surface area (Å²) in [7, 11) is 0. The molecule has 0 saturated carbocycles. The average molecular weight is 297 g/mol. The third kappa shape index (κ3) is 2.39. The molecule has 0 amide bonds. The molecule has 6 heteroatoms. The molecule has 0 saturated heterocycles. The fourth-order valence-corrected chi connectivity index (χ4v) is 3.37. The fourth-order valence-electron chi connectivity index (χ4n) is 2.49. The monoisotopic (exact) mass is 297 g/mol. The van der Waals surface area contributed by atoms with Gasteiger partial charge in [0.2, 0.25) is 0 Å². The van der Waals surface area contributed by atoms with Gasteiger partial charge in [0.25, 0.3) is 0 Å². The number of aromatic hydroxyl groups is 1. The summed E-state index contributed by atoms with van der Waals surface area (Å²) in [6, 6.07) is 3.32. The van der Waals surface area contributed by atoms with Gasteiger partial charge in [0.05, 0.1) is 13.2 Å². The Labute approximate surface area is 122 Å². The predicted molar refractivity (Wildman–Crippen MR) is 77.6 cm³/mol. The van der Waals surface area contributed by atoms with Gasteiger partial charge in [-0.1, -0.05) is 0 Å². The molecule has 0 bridgehead atoms. The van der Waals surface area contributed by atoms with Crippen LogP contribution in [0.25, 0.3) is 0 Å². The predicted octanol–water partition coefficient (Wildman–Crippen LogP) is 1.11. The van der Waals surface area contributed by atoms with Gasteiger partial charge in [0.15, 0.2) is 4.87 Å². The average Bonchev–Trinajstić information content (AvgIpc) is 2.45. The maximum Gasteiger partial charge on any atom is 0.341 e. The van der Waals surface area contributed by atoms with Gasteiger partial charge in [-0.15, -0.1) is 11.8 Å². The van der Waals surface area contributed by atoms with E-state index < -0.39 is 4.87 Å². The van der Waals surface area contributed by atoms with Crippen molar-refractivity contribution in [3.05, 3.63) is 28.8 Å². The Balaban J connectivity index is 2.56. The summed E-state index contributed by atoms with van der Waals surface area (Å²) in [6.07, 6.45) is 2.56. The molecule has 20 heavy (non-hydrogen) atoms. The van der Waals surface area contributed by atoms with Crippen LogP contribution in [0.3, 0.4) is 0 Å². The molecule has 5 nitrogen and oxygen atoms in total. The van der Waals surface area contributed by atoms with Gasteiger partial charge in [0, 0.05) is 12.1 Å². The van der Waals surface area contributed by atoms with Crippen molar-refractivity contribution in [1.29, 1.82) is 0 Å². The standard InChI is InChI=1S/C14H19NO4S/c1-3-19-13(18)14(20-2)11-6-10(8-16)12(17)7-9(11)4-5-15-14/h6-7,15-17H,3-5,8H2,1-2H3. The molecule has 1 atom stereocenters. The van der Waals surface area contributed by atoms with Crippen molar-refractivity contribution in [2.75, 3.05) is 19.4 Å². The number of hydrogen-bond donors (Lipinski definition) is 3. The van der Waals surface area contributed by atoms with Crippen LogP contribution >= 0.6 is 11.8 Å². The van der Waals surface area contributed by atoms with E-state index >= 15 is 0 Å². The lowest BCUT2D eigenvalue weighted by Crippen LogP contribution is -2.51. The normalized spacial score (nSPS) is 21.4. The number of fused-ring (bicyclic) bond motifs is 1. The second-order valence-corrected chi connectivity index (χ2v) is 5.60. The Hall–Kier alpha value is -1.24. The molecule has 1 heterocycles. The lowest BCUT2D eigenvalue weighted by atomic mass is 9.91. The number of carbonyl (C=O) groups is 1. The molecule has 1 aromatic rings. The minimum Gasteiger partial charge on any atom is -0.508 e. The maximum atomic E-state index is 12.4. The molecule has 1 aromatic carbocycles. The minimum atomic E-state index is -0.971. The lowest BCUT2D eigenvalue weighted by molar-refractivity contribution is -0.147. The fraction of sp³-hybridized carbons (Fsp3) is 0.500. The van der Waals surface area contributed by atoms with Crippen LogP contribution in [0.1, 0.15) is 23.6 Å². The van der Waals surface area contributed by atoms with E-state index in [1.165, 1.54) is 11.8 Å². The lowest BCUT2D eigenvalue weighted by Gasteiger charge is -2.36. The number of aliphatic hydroxyl groups is 1. The van der Waals surface area contributed by atoms with Crippen LogP contribution in [0, 0.1) is 0 Å². The maximum absolute atomic E-state index is 12.4. The van der Waals surface area contributed by atoms with Crippen LogP contribution in [0.5, 0.6) is 5.75 Å². The van der Waals surface area contributed by atoms with E-state index in [1.54, 1.807) is 19.1 Å². The summed E-state index contributed by atoms with van der Waals surface area (Å²) >= 11 is 1.36. The highest BCUT2D eigenvalue weighted by Gasteiger charge is 2.44. The summed E-state index contributed by atoms with van der Waals surface area (Å²) in [4.78, 5) is 11.4. The zero-order chi connectivity index (χ0) is 14.8. The van der Waals surface area contributed by atoms with Gasteiger partial charge in [-0.3, -0.25) is 5.32 Å². The highest BCUT2D eigenvalue weighted by molar-refractivity contribution is 8.00. The van der Waals surface area contributed by atoms with E-state index in [0.717, 1.165) is 17.5 Å². The molecule has 0 spiro atoms. The first-order valence-electron chi connectivity index (χ1n) is 6.52. The largest absolute Gasteiger partial charge is 0.508 e.